The number of nitrogens with one attached hydrogen (secondary N) is 2. The highest BCUT2D eigenvalue weighted by Gasteiger charge is 2.29. The summed E-state index contributed by atoms with van der Waals surface area (Å²) in [6.45, 7) is 13.3. The van der Waals surface area contributed by atoms with Crippen molar-refractivity contribution in [3.05, 3.63) is 55.1 Å². The van der Waals surface area contributed by atoms with Crippen LogP contribution in [-0.4, -0.2) is 118 Å². The van der Waals surface area contributed by atoms with Crippen LogP contribution < -0.4 is 25.3 Å². The number of imide groups is 1. The van der Waals surface area contributed by atoms with E-state index in [4.69, 9.17) is 19.8 Å². The standard InChI is InChI=1S/C42H54N12O3/c1-28(2)54-36-23-38(45-37-8-13-43-42(46-37)52-16-11-33(57-3)12-17-52)44-24-34(36)40(48-54)51-14-9-29(10-15-51)25-49-18-20-50(21-19-49)32-5-4-30-26-53(27-31(30)22-32)35-6-7-39(55)47-41(35)56/h4-5,8,13,22-24,26-29,33,35H,6-7,9-12,14-21,25H2,1-3H3,(H,47,55,56)(H,43,44,45,46). The third-order valence-electron chi connectivity index (χ3n) is 12.4. The molecule has 5 aromatic rings. The Hall–Kier alpha value is -5.28. The van der Waals surface area contributed by atoms with Gasteiger partial charge in [-0.2, -0.15) is 10.1 Å². The molecule has 4 aliphatic rings. The Labute approximate surface area is 333 Å². The zero-order chi connectivity index (χ0) is 39.0. The van der Waals surface area contributed by atoms with Gasteiger partial charge in [-0.15, -0.1) is 0 Å². The Bertz CT molecular complexity index is 2230. The highest BCUT2D eigenvalue weighted by atomic mass is 16.5. The maximum Gasteiger partial charge on any atom is 0.249 e. The van der Waals surface area contributed by atoms with Crippen LogP contribution in [0.4, 0.5) is 29.1 Å². The first-order valence-electron chi connectivity index (χ1n) is 20.7. The number of rotatable bonds is 10. The number of carbonyl (C=O) groups excluding carboxylic acids is 2. The summed E-state index contributed by atoms with van der Waals surface area (Å²) in [5, 5.41) is 14.4. The lowest BCUT2D eigenvalue weighted by atomic mass is 9.95. The predicted octanol–water partition coefficient (Wildman–Crippen LogP) is 5.13. The molecule has 1 aromatic carbocycles. The van der Waals surface area contributed by atoms with Crippen LogP contribution in [0.2, 0.25) is 0 Å². The van der Waals surface area contributed by atoms with E-state index < -0.39 is 0 Å². The molecule has 1 atom stereocenters. The van der Waals surface area contributed by atoms with Gasteiger partial charge < -0.3 is 29.3 Å². The van der Waals surface area contributed by atoms with Crippen molar-refractivity contribution >= 4 is 62.6 Å². The van der Waals surface area contributed by atoms with Crippen molar-refractivity contribution in [3.8, 4) is 0 Å². The Morgan fingerprint density at radius 2 is 1.61 bits per heavy atom. The third kappa shape index (κ3) is 7.87. The van der Waals surface area contributed by atoms with Crippen molar-refractivity contribution in [2.24, 2.45) is 5.92 Å². The molecule has 0 radical (unpaired) electrons. The number of nitrogens with zero attached hydrogens (tertiary/aromatic N) is 10. The van der Waals surface area contributed by atoms with E-state index in [1.54, 1.807) is 13.3 Å². The number of aromatic nitrogens is 6. The molecule has 4 saturated heterocycles. The Morgan fingerprint density at radius 3 is 2.37 bits per heavy atom. The maximum absolute atomic E-state index is 12.4. The van der Waals surface area contributed by atoms with E-state index in [1.807, 2.05) is 29.2 Å². The molecule has 0 spiro atoms. The van der Waals surface area contributed by atoms with Gasteiger partial charge in [0.25, 0.3) is 0 Å². The van der Waals surface area contributed by atoms with Crippen LogP contribution in [0, 0.1) is 5.92 Å². The van der Waals surface area contributed by atoms with Crippen LogP contribution in [0.3, 0.4) is 0 Å². The third-order valence-corrected chi connectivity index (χ3v) is 12.4. The molecule has 4 aromatic heterocycles. The highest BCUT2D eigenvalue weighted by Crippen LogP contribution is 2.34. The maximum atomic E-state index is 12.4. The first-order chi connectivity index (χ1) is 27.8. The summed E-state index contributed by atoms with van der Waals surface area (Å²) in [5.41, 5.74) is 2.29. The normalized spacial score (nSPS) is 20.6. The first kappa shape index (κ1) is 37.3. The zero-order valence-corrected chi connectivity index (χ0v) is 33.3. The Morgan fingerprint density at radius 1 is 0.842 bits per heavy atom. The smallest absolute Gasteiger partial charge is 0.249 e. The highest BCUT2D eigenvalue weighted by molar-refractivity contribution is 6.00. The van der Waals surface area contributed by atoms with Gasteiger partial charge >= 0.3 is 0 Å². The van der Waals surface area contributed by atoms with Crippen molar-refractivity contribution in [2.45, 2.75) is 70.6 Å². The fourth-order valence-electron chi connectivity index (χ4n) is 9.08. The summed E-state index contributed by atoms with van der Waals surface area (Å²) < 4.78 is 9.63. The van der Waals surface area contributed by atoms with Gasteiger partial charge in [0.15, 0.2) is 5.82 Å². The van der Waals surface area contributed by atoms with Gasteiger partial charge in [-0.05, 0) is 75.5 Å². The van der Waals surface area contributed by atoms with Gasteiger partial charge in [-0.3, -0.25) is 24.5 Å². The molecule has 57 heavy (non-hydrogen) atoms. The van der Waals surface area contributed by atoms with Crippen molar-refractivity contribution in [2.75, 3.05) is 86.0 Å². The van der Waals surface area contributed by atoms with E-state index >= 15 is 0 Å². The number of benzene rings is 1. The summed E-state index contributed by atoms with van der Waals surface area (Å²) in [4.78, 5) is 48.1. The molecule has 15 nitrogen and oxygen atoms in total. The first-order valence-corrected chi connectivity index (χ1v) is 20.7. The van der Waals surface area contributed by atoms with Crippen LogP contribution >= 0.6 is 0 Å². The predicted molar refractivity (Wildman–Crippen MR) is 222 cm³/mol. The quantitative estimate of drug-likeness (QED) is 0.182. The summed E-state index contributed by atoms with van der Waals surface area (Å²) in [6.07, 6.45) is 13.3. The second-order valence-corrected chi connectivity index (χ2v) is 16.4. The molecule has 0 bridgehead atoms. The second-order valence-electron chi connectivity index (χ2n) is 16.4. The van der Waals surface area contributed by atoms with E-state index in [9.17, 15) is 9.59 Å². The van der Waals surface area contributed by atoms with E-state index in [-0.39, 0.29) is 23.9 Å². The van der Waals surface area contributed by atoms with E-state index in [0.717, 1.165) is 130 Å². The van der Waals surface area contributed by atoms with Crippen molar-refractivity contribution < 1.29 is 14.3 Å². The van der Waals surface area contributed by atoms with Crippen LogP contribution in [0.15, 0.2) is 55.1 Å². The van der Waals surface area contributed by atoms with Crippen molar-refractivity contribution in [1.29, 1.82) is 0 Å². The van der Waals surface area contributed by atoms with E-state index in [1.165, 1.54) is 5.69 Å². The van der Waals surface area contributed by atoms with Crippen LogP contribution in [0.5, 0.6) is 0 Å². The lowest BCUT2D eigenvalue weighted by molar-refractivity contribution is -0.135. The topological polar surface area (TPSA) is 142 Å². The molecule has 0 aliphatic carbocycles. The fraction of sp³-hybridized carbons (Fsp3) is 0.524. The number of hydrogen-bond donors (Lipinski definition) is 2. The van der Waals surface area contributed by atoms with Gasteiger partial charge in [0.1, 0.15) is 17.7 Å². The van der Waals surface area contributed by atoms with Gasteiger partial charge in [-0.25, -0.2) is 9.97 Å². The SMILES string of the molecule is COC1CCN(c2nccc(Nc3cc4c(cn3)c(N3CCC(CN5CCN(c6ccc7cn(C8CCC(=O)NC8=O)cc7c6)CC5)CC3)nn4C(C)C)n2)CC1. The van der Waals surface area contributed by atoms with Crippen molar-refractivity contribution in [1.82, 2.24) is 39.5 Å². The minimum atomic E-state index is -0.334. The molecule has 2 amide bonds. The number of anilines is 5. The minimum Gasteiger partial charge on any atom is -0.381 e. The largest absolute Gasteiger partial charge is 0.381 e. The molecular weight excluding hydrogens is 721 g/mol. The van der Waals surface area contributed by atoms with Crippen LogP contribution in [-0.2, 0) is 14.3 Å². The number of amides is 2. The lowest BCUT2D eigenvalue weighted by Crippen LogP contribution is -2.49. The molecule has 8 heterocycles. The van der Waals surface area contributed by atoms with Gasteiger partial charge in [0.2, 0.25) is 17.8 Å². The number of hydrogen-bond acceptors (Lipinski definition) is 12. The molecule has 15 heteroatoms. The number of piperazine rings is 1. The molecule has 300 valence electrons. The summed E-state index contributed by atoms with van der Waals surface area (Å²) >= 11 is 0. The summed E-state index contributed by atoms with van der Waals surface area (Å²) in [7, 11) is 1.78. The average molecular weight is 775 g/mol. The van der Waals surface area contributed by atoms with Gasteiger partial charge in [-0.1, -0.05) is 6.07 Å². The summed E-state index contributed by atoms with van der Waals surface area (Å²) in [6, 6.07) is 10.4. The molecule has 9 rings (SSSR count). The molecular formula is C42H54N12O3. The number of piperidine rings is 3. The van der Waals surface area contributed by atoms with E-state index in [2.05, 4.69) is 78.0 Å². The number of methoxy groups -OCH3 is 1. The second kappa shape index (κ2) is 15.9. The number of pyridine rings is 1. The number of ether oxygens (including phenoxy) is 1. The zero-order valence-electron chi connectivity index (χ0n) is 33.3. The molecule has 4 fully saturated rings. The fourth-order valence-corrected chi connectivity index (χ4v) is 9.08. The Kier molecular flexibility index (Phi) is 10.4. The van der Waals surface area contributed by atoms with Gasteiger partial charge in [0, 0.05) is 120 Å². The van der Waals surface area contributed by atoms with Crippen LogP contribution in [0.1, 0.15) is 64.5 Å². The lowest BCUT2D eigenvalue weighted by Gasteiger charge is -2.39. The van der Waals surface area contributed by atoms with Crippen LogP contribution in [0.25, 0.3) is 21.7 Å². The summed E-state index contributed by atoms with van der Waals surface area (Å²) in [5.74, 6) is 3.47. The average Bonchev–Trinajstić information content (AvgIpc) is 3.83. The number of carbonyl (C=O) groups is 2. The van der Waals surface area contributed by atoms with Gasteiger partial charge in [0.05, 0.1) is 17.0 Å². The minimum absolute atomic E-state index is 0.187. The monoisotopic (exact) mass is 774 g/mol. The Balaban J connectivity index is 0.791. The van der Waals surface area contributed by atoms with E-state index in [0.29, 0.717) is 24.9 Å². The molecule has 0 saturated carbocycles. The number of fused-ring (bicyclic) bond motifs is 2. The molecule has 2 N–H and O–H groups in total. The molecule has 1 unspecified atom stereocenters. The van der Waals surface area contributed by atoms with Crippen molar-refractivity contribution in [3.63, 3.8) is 0 Å². The molecule has 4 aliphatic heterocycles.